The second kappa shape index (κ2) is 4.97. The fourth-order valence-electron chi connectivity index (χ4n) is 2.83. The number of hydrogen-bond donors (Lipinski definition) is 0. The average Bonchev–Trinajstić information content (AvgIpc) is 2.73. The highest BCUT2D eigenvalue weighted by Gasteiger charge is 2.35. The summed E-state index contributed by atoms with van der Waals surface area (Å²) in [6.45, 7) is 0. The normalized spacial score (nSPS) is 19.2. The number of benzene rings is 2. The molecule has 0 N–H and O–H groups in total. The van der Waals surface area contributed by atoms with Gasteiger partial charge in [-0.25, -0.2) is 0 Å². The van der Waals surface area contributed by atoms with Crippen LogP contribution in [0.25, 0.3) is 0 Å². The molecule has 1 aliphatic rings. The van der Waals surface area contributed by atoms with Crippen LogP contribution in [-0.2, 0) is 0 Å². The van der Waals surface area contributed by atoms with Gasteiger partial charge in [-0.1, -0.05) is 54.6 Å². The van der Waals surface area contributed by atoms with Crippen LogP contribution >= 0.6 is 0 Å². The van der Waals surface area contributed by atoms with Gasteiger partial charge in [0.1, 0.15) is 0 Å². The molecule has 0 aliphatic heterocycles. The van der Waals surface area contributed by atoms with E-state index >= 15 is 0 Å². The summed E-state index contributed by atoms with van der Waals surface area (Å²) in [6.07, 6.45) is 1.94. The van der Waals surface area contributed by atoms with E-state index in [1.54, 1.807) is 0 Å². The average molecular weight is 263 g/mol. The Bertz CT molecular complexity index is 671. The number of Topliss-reactive ketones (excluding diaryl/α,β-unsaturated/α-hetero) is 1. The molecule has 0 bridgehead atoms. The maximum Gasteiger partial charge on any atom is 0.191 e. The maximum atomic E-state index is 12.6. The second-order valence-corrected chi connectivity index (χ2v) is 5.31. The monoisotopic (exact) mass is 263 g/mol. The lowest BCUT2D eigenvalue weighted by Gasteiger charge is -2.15. The number of nitrogens with zero attached hydrogens (tertiary/aromatic N) is 1. The molecule has 0 saturated heterocycles. The number of rotatable bonds is 2. The van der Waals surface area contributed by atoms with Crippen molar-refractivity contribution in [3.8, 4) is 0 Å². The summed E-state index contributed by atoms with van der Waals surface area (Å²) in [5.41, 5.74) is 3.95. The molecule has 1 atom stereocenters. The van der Waals surface area contributed by atoms with Crippen LogP contribution in [0, 0.1) is 0 Å². The van der Waals surface area contributed by atoms with Gasteiger partial charge in [0.2, 0.25) is 0 Å². The number of allylic oxidation sites excluding steroid dienone is 1. The van der Waals surface area contributed by atoms with Gasteiger partial charge in [-0.05, 0) is 11.1 Å². The van der Waals surface area contributed by atoms with Crippen LogP contribution in [0.5, 0.6) is 0 Å². The Morgan fingerprint density at radius 2 is 1.60 bits per heavy atom. The fourth-order valence-corrected chi connectivity index (χ4v) is 2.83. The molecule has 0 fully saturated rings. The van der Waals surface area contributed by atoms with E-state index in [1.165, 1.54) is 5.56 Å². The Balaban J connectivity index is 2.20. The topological polar surface area (TPSA) is 20.3 Å². The Labute approximate surface area is 119 Å². The first-order valence-corrected chi connectivity index (χ1v) is 6.75. The molecule has 2 aromatic carbocycles. The van der Waals surface area contributed by atoms with Gasteiger partial charge in [-0.15, -0.1) is 0 Å². The minimum absolute atomic E-state index is 0.0438. The van der Waals surface area contributed by atoms with Crippen LogP contribution in [0.1, 0.15) is 27.4 Å². The van der Waals surface area contributed by atoms with Crippen molar-refractivity contribution in [2.24, 2.45) is 0 Å². The van der Waals surface area contributed by atoms with Crippen molar-refractivity contribution in [2.75, 3.05) is 14.1 Å². The molecule has 0 spiro atoms. The lowest BCUT2D eigenvalue weighted by molar-refractivity contribution is 0.103. The summed E-state index contributed by atoms with van der Waals surface area (Å²) >= 11 is 0. The van der Waals surface area contributed by atoms with Gasteiger partial charge < -0.3 is 4.90 Å². The van der Waals surface area contributed by atoms with Gasteiger partial charge in [-0.2, -0.15) is 0 Å². The van der Waals surface area contributed by atoms with E-state index in [9.17, 15) is 4.79 Å². The smallest absolute Gasteiger partial charge is 0.191 e. The van der Waals surface area contributed by atoms with Crippen LogP contribution in [0.15, 0.2) is 66.4 Å². The quantitative estimate of drug-likeness (QED) is 0.773. The minimum Gasteiger partial charge on any atom is -0.383 e. The van der Waals surface area contributed by atoms with E-state index in [0.717, 1.165) is 16.7 Å². The molecule has 20 heavy (non-hydrogen) atoms. The van der Waals surface area contributed by atoms with Gasteiger partial charge in [-0.3, -0.25) is 4.79 Å². The number of ketones is 1. The van der Waals surface area contributed by atoms with Crippen LogP contribution in [0.4, 0.5) is 0 Å². The number of hydrogen-bond acceptors (Lipinski definition) is 2. The Morgan fingerprint density at radius 1 is 0.950 bits per heavy atom. The molecular weight excluding hydrogens is 246 g/mol. The molecule has 2 aromatic rings. The molecule has 0 amide bonds. The van der Waals surface area contributed by atoms with E-state index in [-0.39, 0.29) is 11.7 Å². The van der Waals surface area contributed by atoms with Crippen molar-refractivity contribution in [1.29, 1.82) is 0 Å². The van der Waals surface area contributed by atoms with Crippen LogP contribution in [-0.4, -0.2) is 24.8 Å². The molecule has 0 aromatic heterocycles. The zero-order chi connectivity index (χ0) is 14.1. The highest BCUT2D eigenvalue weighted by molar-refractivity contribution is 6.14. The van der Waals surface area contributed by atoms with Crippen molar-refractivity contribution in [2.45, 2.75) is 5.92 Å². The van der Waals surface area contributed by atoms with E-state index in [4.69, 9.17) is 0 Å². The zero-order valence-electron chi connectivity index (χ0n) is 11.7. The summed E-state index contributed by atoms with van der Waals surface area (Å²) in [6, 6.07) is 18.1. The van der Waals surface area contributed by atoms with Crippen LogP contribution in [0.3, 0.4) is 0 Å². The zero-order valence-corrected chi connectivity index (χ0v) is 11.7. The first kappa shape index (κ1) is 12.7. The minimum atomic E-state index is 0.0438. The van der Waals surface area contributed by atoms with E-state index < -0.39 is 0 Å². The first-order valence-electron chi connectivity index (χ1n) is 6.75. The van der Waals surface area contributed by atoms with Gasteiger partial charge in [0, 0.05) is 37.3 Å². The van der Waals surface area contributed by atoms with E-state index in [1.807, 2.05) is 61.6 Å². The van der Waals surface area contributed by atoms with Gasteiger partial charge >= 0.3 is 0 Å². The molecule has 2 heteroatoms. The molecule has 0 radical (unpaired) electrons. The van der Waals surface area contributed by atoms with Crippen molar-refractivity contribution in [3.05, 3.63) is 83.1 Å². The highest BCUT2D eigenvalue weighted by Crippen LogP contribution is 2.41. The summed E-state index contributed by atoms with van der Waals surface area (Å²) in [7, 11) is 3.90. The molecule has 2 nitrogen and oxygen atoms in total. The van der Waals surface area contributed by atoms with Gasteiger partial charge in [0.15, 0.2) is 5.78 Å². The highest BCUT2D eigenvalue weighted by atomic mass is 16.1. The number of fused-ring (bicyclic) bond motifs is 1. The summed E-state index contributed by atoms with van der Waals surface area (Å²) < 4.78 is 0. The third kappa shape index (κ3) is 2.03. The van der Waals surface area contributed by atoms with Crippen molar-refractivity contribution in [3.63, 3.8) is 0 Å². The predicted octanol–water partition coefficient (Wildman–Crippen LogP) is 3.46. The summed E-state index contributed by atoms with van der Waals surface area (Å²) in [5, 5.41) is 0. The molecule has 1 aliphatic carbocycles. The van der Waals surface area contributed by atoms with Crippen molar-refractivity contribution >= 4 is 5.78 Å². The van der Waals surface area contributed by atoms with Crippen LogP contribution in [0.2, 0.25) is 0 Å². The Hall–Kier alpha value is -2.35. The Kier molecular flexibility index (Phi) is 3.15. The summed E-state index contributed by atoms with van der Waals surface area (Å²) in [5.74, 6) is 0.186. The molecule has 3 rings (SSSR count). The van der Waals surface area contributed by atoms with Gasteiger partial charge in [0.05, 0.1) is 0 Å². The largest absolute Gasteiger partial charge is 0.383 e. The Morgan fingerprint density at radius 3 is 2.30 bits per heavy atom. The summed E-state index contributed by atoms with van der Waals surface area (Å²) in [4.78, 5) is 14.6. The molecule has 0 heterocycles. The lowest BCUT2D eigenvalue weighted by Crippen LogP contribution is -2.09. The van der Waals surface area contributed by atoms with E-state index in [2.05, 4.69) is 18.2 Å². The predicted molar refractivity (Wildman–Crippen MR) is 80.8 cm³/mol. The fraction of sp³-hybridized carbons (Fsp3) is 0.167. The van der Waals surface area contributed by atoms with Crippen LogP contribution < -0.4 is 0 Å². The number of carbonyl (C=O) groups is 1. The molecule has 0 saturated carbocycles. The molecule has 0 unspecified atom stereocenters. The van der Waals surface area contributed by atoms with E-state index in [0.29, 0.717) is 0 Å². The molecular formula is C18H17NO. The maximum absolute atomic E-state index is 12.6. The second-order valence-electron chi connectivity index (χ2n) is 5.31. The standard InChI is InChI=1S/C18H17NO/c1-19(2)12-16-17(13-8-4-3-5-9-13)14-10-6-7-11-15(14)18(16)20/h3-12,17H,1-2H3/b16-12-/t17-/m1/s1. The first-order chi connectivity index (χ1) is 9.68. The molecule has 100 valence electrons. The number of carbonyl (C=O) groups excluding carboxylic acids is 1. The third-order valence-corrected chi connectivity index (χ3v) is 3.62. The van der Waals surface area contributed by atoms with Crippen molar-refractivity contribution in [1.82, 2.24) is 4.90 Å². The van der Waals surface area contributed by atoms with Crippen molar-refractivity contribution < 1.29 is 4.79 Å². The lowest BCUT2D eigenvalue weighted by atomic mass is 9.90. The SMILES string of the molecule is CN(C)/C=C1\C(=O)c2ccccc2[C@H]1c1ccccc1. The van der Waals surface area contributed by atoms with Gasteiger partial charge in [0.25, 0.3) is 0 Å². The third-order valence-electron chi connectivity index (χ3n) is 3.62.